The molecule has 0 radical (unpaired) electrons. The van der Waals surface area contributed by atoms with Crippen molar-refractivity contribution in [1.82, 2.24) is 58.8 Å². The molecule has 9 aromatic rings. The minimum Gasteiger partial charge on any atom is -0.453 e. The Morgan fingerprint density at radius 1 is 0.505 bits per heavy atom. The van der Waals surface area contributed by atoms with E-state index in [1.807, 2.05) is 81.3 Å². The molecule has 0 bridgehead atoms. The van der Waals surface area contributed by atoms with Gasteiger partial charge in [-0.15, -0.1) is 0 Å². The zero-order valence-corrected chi connectivity index (χ0v) is 55.8. The number of morpholine rings is 3. The molecule has 12 rings (SSSR count). The molecule has 3 aliphatic heterocycles. The average Bonchev–Trinajstić information content (AvgIpc) is 1.66. The van der Waals surface area contributed by atoms with Crippen LogP contribution < -0.4 is 16.0 Å². The average molecular weight is 1340 g/mol. The number of hydrogen-bond acceptors (Lipinski definition) is 13. The number of halogens is 4. The van der Waals surface area contributed by atoms with Gasteiger partial charge >= 0.3 is 6.09 Å². The van der Waals surface area contributed by atoms with Crippen LogP contribution in [0.25, 0.3) is 50.7 Å². The molecule has 3 aliphatic rings. The van der Waals surface area contributed by atoms with Crippen molar-refractivity contribution in [2.75, 3.05) is 86.8 Å². The lowest BCUT2D eigenvalue weighted by atomic mass is 9.99. The van der Waals surface area contributed by atoms with E-state index in [0.717, 1.165) is 69.1 Å². The summed E-state index contributed by atoms with van der Waals surface area (Å²) in [6.45, 7) is 17.5. The third-order valence-corrected chi connectivity index (χ3v) is 17.3. The predicted molar refractivity (Wildman–Crippen MR) is 354 cm³/mol. The maximum absolute atomic E-state index is 15.1. The fourth-order valence-corrected chi connectivity index (χ4v) is 12.3. The molecule has 6 aromatic heterocycles. The Morgan fingerprint density at radius 2 is 0.876 bits per heavy atom. The van der Waals surface area contributed by atoms with Crippen LogP contribution in [0.15, 0.2) is 97.5 Å². The second-order valence-electron chi connectivity index (χ2n) is 24.1. The maximum Gasteiger partial charge on any atom is 0.409 e. The van der Waals surface area contributed by atoms with Crippen LogP contribution in [0, 0.1) is 51.0 Å². The van der Waals surface area contributed by atoms with Gasteiger partial charge in [-0.25, -0.2) is 37.3 Å². The van der Waals surface area contributed by atoms with Crippen LogP contribution in [0.1, 0.15) is 91.2 Å². The zero-order chi connectivity index (χ0) is 69.5. The van der Waals surface area contributed by atoms with Crippen molar-refractivity contribution >= 4 is 52.6 Å². The number of ether oxygens (including phenoxy) is 4. The first-order chi connectivity index (χ1) is 46.5. The molecule has 3 atom stereocenters. The molecule has 26 heteroatoms. The smallest absolute Gasteiger partial charge is 0.409 e. The van der Waals surface area contributed by atoms with Crippen molar-refractivity contribution < 1.29 is 65.3 Å². The van der Waals surface area contributed by atoms with Gasteiger partial charge in [-0.2, -0.15) is 0 Å². The van der Waals surface area contributed by atoms with E-state index < -0.39 is 47.3 Å². The van der Waals surface area contributed by atoms with Crippen LogP contribution in [0.3, 0.4) is 0 Å². The number of rotatable bonds is 13. The summed E-state index contributed by atoms with van der Waals surface area (Å²) in [6.07, 6.45) is 5.51. The molecule has 3 N–H and O–H groups in total. The first-order valence-electron chi connectivity index (χ1n) is 31.9. The van der Waals surface area contributed by atoms with Gasteiger partial charge in [-0.1, -0.05) is 6.07 Å². The van der Waals surface area contributed by atoms with Crippen molar-refractivity contribution in [2.45, 2.75) is 86.0 Å². The molecule has 0 aliphatic carbocycles. The SMILES string of the molecule is CCNC(=O)c1ccc(-c2nc3cc(C)ccn3c2C[C@H]2CN(C(C)=O)CCO2)c(C)c1.CNC(=O)c1cc(F)c(-c2nc3cc(C)ccn3c2C[C@@H]2CN(C(=O)OC)CCO2)c(F)c1.CNC(=O)c1cc(F)c(-c2nc3cc(C)ccn3c2C[C@H]2CN(C(C)=O)CCO2)c(F)c1. The van der Waals surface area contributed by atoms with Gasteiger partial charge in [0.05, 0.1) is 97.1 Å². The number of fused-ring (bicyclic) bond motifs is 3. The van der Waals surface area contributed by atoms with Crippen LogP contribution in [0.4, 0.5) is 22.4 Å². The number of aryl methyl sites for hydroxylation is 4. The van der Waals surface area contributed by atoms with Crippen molar-refractivity contribution in [1.29, 1.82) is 0 Å². The van der Waals surface area contributed by atoms with Crippen molar-refractivity contribution in [2.24, 2.45) is 0 Å². The monoisotopic (exact) mass is 1330 g/mol. The molecule has 3 fully saturated rings. The highest BCUT2D eigenvalue weighted by molar-refractivity contribution is 5.96. The molecule has 6 amide bonds. The number of hydrogen-bond donors (Lipinski definition) is 3. The van der Waals surface area contributed by atoms with Crippen molar-refractivity contribution in [3.05, 3.63) is 177 Å². The second-order valence-corrected chi connectivity index (χ2v) is 24.1. The summed E-state index contributed by atoms with van der Waals surface area (Å²) in [6, 6.07) is 21.2. The molecule has 0 spiro atoms. The molecule has 22 nitrogen and oxygen atoms in total. The Morgan fingerprint density at radius 3 is 1.24 bits per heavy atom. The van der Waals surface area contributed by atoms with Gasteiger partial charge < -0.3 is 62.8 Å². The number of pyridine rings is 3. The summed E-state index contributed by atoms with van der Waals surface area (Å²) < 4.78 is 88.5. The highest BCUT2D eigenvalue weighted by atomic mass is 19.1. The van der Waals surface area contributed by atoms with Crippen LogP contribution >= 0.6 is 0 Å². The molecular weight excluding hydrogens is 1260 g/mol. The van der Waals surface area contributed by atoms with E-state index in [9.17, 15) is 28.8 Å². The Hall–Kier alpha value is -10.1. The highest BCUT2D eigenvalue weighted by Crippen LogP contribution is 2.36. The number of nitrogens with one attached hydrogen (secondary N) is 3. The quantitative estimate of drug-likeness (QED) is 0.0916. The fraction of sp³-hybridized carbons (Fsp3) is 0.366. The number of methoxy groups -OCH3 is 1. The van der Waals surface area contributed by atoms with Gasteiger partial charge in [-0.05, 0) is 130 Å². The van der Waals surface area contributed by atoms with E-state index in [-0.39, 0.29) is 76.5 Å². The lowest BCUT2D eigenvalue weighted by Gasteiger charge is -2.32. The molecule has 97 heavy (non-hydrogen) atoms. The summed E-state index contributed by atoms with van der Waals surface area (Å²) in [5.41, 5.74) is 10.1. The third-order valence-electron chi connectivity index (χ3n) is 17.3. The van der Waals surface area contributed by atoms with Crippen LogP contribution in [0.2, 0.25) is 0 Å². The molecular formula is C71H78F4N12O10. The Balaban J connectivity index is 0.000000158. The minimum atomic E-state index is -0.893. The Labute approximate surface area is 557 Å². The van der Waals surface area contributed by atoms with E-state index in [1.54, 1.807) is 33.0 Å². The summed E-state index contributed by atoms with van der Waals surface area (Å²) in [5.74, 6) is -4.76. The number of nitrogens with zero attached hydrogens (tertiary/aromatic N) is 9. The molecule has 510 valence electrons. The summed E-state index contributed by atoms with van der Waals surface area (Å²) in [5, 5.41) is 7.56. The van der Waals surface area contributed by atoms with Gasteiger partial charge in [0.25, 0.3) is 17.7 Å². The predicted octanol–water partition coefficient (Wildman–Crippen LogP) is 8.85. The lowest BCUT2D eigenvalue weighted by Crippen LogP contribution is -2.46. The number of benzene rings is 3. The zero-order valence-electron chi connectivity index (χ0n) is 55.8. The first kappa shape index (κ1) is 69.8. The summed E-state index contributed by atoms with van der Waals surface area (Å²) in [4.78, 5) is 90.7. The van der Waals surface area contributed by atoms with E-state index in [0.29, 0.717) is 100 Å². The summed E-state index contributed by atoms with van der Waals surface area (Å²) >= 11 is 0. The molecule has 3 aromatic carbocycles. The van der Waals surface area contributed by atoms with Gasteiger partial charge in [0, 0.05) is 127 Å². The topological polar surface area (TPSA) is 237 Å². The minimum absolute atomic E-state index is 0.0471. The largest absolute Gasteiger partial charge is 0.453 e. The number of aromatic nitrogens is 6. The highest BCUT2D eigenvalue weighted by Gasteiger charge is 2.32. The molecule has 3 saturated heterocycles. The van der Waals surface area contributed by atoms with Gasteiger partial charge in [0.2, 0.25) is 11.8 Å². The van der Waals surface area contributed by atoms with Crippen LogP contribution in [-0.2, 0) is 47.8 Å². The van der Waals surface area contributed by atoms with Gasteiger partial charge in [-0.3, -0.25) is 24.0 Å². The van der Waals surface area contributed by atoms with Crippen LogP contribution in [0.5, 0.6) is 0 Å². The van der Waals surface area contributed by atoms with E-state index in [1.165, 1.54) is 33.0 Å². The number of carbonyl (C=O) groups excluding carboxylic acids is 6. The van der Waals surface area contributed by atoms with Crippen molar-refractivity contribution in [3.8, 4) is 33.8 Å². The maximum atomic E-state index is 15.1. The molecule has 9 heterocycles. The summed E-state index contributed by atoms with van der Waals surface area (Å²) in [7, 11) is 4.09. The first-order valence-corrected chi connectivity index (χ1v) is 31.9. The third kappa shape index (κ3) is 15.6. The number of amides is 6. The van der Waals surface area contributed by atoms with E-state index >= 15 is 17.6 Å². The Kier molecular flexibility index (Phi) is 21.8. The number of carbonyl (C=O) groups is 6. The second kappa shape index (κ2) is 30.4. The van der Waals surface area contributed by atoms with Crippen LogP contribution in [-0.4, -0.2) is 184 Å². The number of imidazole rings is 3. The fourth-order valence-electron chi connectivity index (χ4n) is 12.3. The molecule has 0 unspecified atom stereocenters. The van der Waals surface area contributed by atoms with Crippen molar-refractivity contribution in [3.63, 3.8) is 0 Å². The lowest BCUT2D eigenvalue weighted by molar-refractivity contribution is -0.136. The van der Waals surface area contributed by atoms with Gasteiger partial charge in [0.15, 0.2) is 0 Å². The molecule has 0 saturated carbocycles. The Bertz CT molecular complexity index is 4450. The normalized spacial score (nSPS) is 16.3. The van der Waals surface area contributed by atoms with E-state index in [2.05, 4.69) is 49.4 Å². The standard InChI is InChI=1S/C25H30N4O3.C23H24F2N4O4.C23H24F2N4O3/c1-5-26-25(31)19-6-7-21(17(3)13-19)24-22(29-9-8-16(2)12-23(29)27-24)14-20-15-28(18(4)30)10-11-32-20;1-13-4-5-29-18(11-15-12-28(6-7-33-15)23(31)32-3)21(27-19(29)8-13)20-16(24)9-14(10-17(20)25)22(30)26-2;1-13-4-5-29-19(11-16-12-28(14(2)30)6-7-32-16)22(27-20(29)8-13)21-17(24)9-15(10-18(21)25)23(31)26-3/h6-9,12-13,20H,5,10-11,14-15H2,1-4H3,(H,26,31);4-5,8-10,15H,6-7,11-12H2,1-3H3,(H,26,30);4-5,8-10,16H,6-7,11-12H2,1-3H3,(H,26,31)/t20-;15-;16-/m010/s1. The van der Waals surface area contributed by atoms with Gasteiger partial charge in [0.1, 0.15) is 40.2 Å². The van der Waals surface area contributed by atoms with E-state index in [4.69, 9.17) is 23.9 Å².